The van der Waals surface area contributed by atoms with E-state index < -0.39 is 5.60 Å². The van der Waals surface area contributed by atoms with Crippen LogP contribution in [0, 0.1) is 6.92 Å². The third-order valence-electron chi connectivity index (χ3n) is 2.46. The molecule has 0 aromatic heterocycles. The van der Waals surface area contributed by atoms with Crippen molar-refractivity contribution in [1.29, 1.82) is 0 Å². The quantitative estimate of drug-likeness (QED) is 0.743. The molecule has 0 fully saturated rings. The van der Waals surface area contributed by atoms with Crippen LogP contribution in [0.2, 0.25) is 5.02 Å². The number of halogens is 1. The Balaban J connectivity index is 2.85. The molecule has 0 bridgehead atoms. The van der Waals surface area contributed by atoms with E-state index in [0.717, 1.165) is 11.1 Å². The fraction of sp³-hybridized carbons (Fsp3) is 0.500. The zero-order valence-electron chi connectivity index (χ0n) is 11.0. The average molecular weight is 255 g/mol. The van der Waals surface area contributed by atoms with Gasteiger partial charge >= 0.3 is 5.97 Å². The maximum absolute atomic E-state index is 11.9. The first kappa shape index (κ1) is 14.0. The lowest BCUT2D eigenvalue weighted by molar-refractivity contribution is -0.156. The minimum atomic E-state index is -0.458. The number of rotatable bonds is 2. The standard InChI is InChI=1S/C14H19ClO2/c1-9-6-7-11(8-12(9)15)10(2)13(16)17-14(3,4)5/h6-8,10H,1-5H3. The Morgan fingerprint density at radius 2 is 1.94 bits per heavy atom. The Morgan fingerprint density at radius 1 is 1.35 bits per heavy atom. The Labute approximate surface area is 108 Å². The summed E-state index contributed by atoms with van der Waals surface area (Å²) >= 11 is 6.04. The van der Waals surface area contributed by atoms with E-state index >= 15 is 0 Å². The van der Waals surface area contributed by atoms with Crippen LogP contribution in [0.1, 0.15) is 44.7 Å². The van der Waals surface area contributed by atoms with Crippen LogP contribution in [0.5, 0.6) is 0 Å². The van der Waals surface area contributed by atoms with Gasteiger partial charge in [0.05, 0.1) is 5.92 Å². The summed E-state index contributed by atoms with van der Waals surface area (Å²) in [6, 6.07) is 5.65. The summed E-state index contributed by atoms with van der Waals surface area (Å²) in [6.07, 6.45) is 0. The third kappa shape index (κ3) is 4.04. The highest BCUT2D eigenvalue weighted by atomic mass is 35.5. The second-order valence-electron chi connectivity index (χ2n) is 5.26. The zero-order chi connectivity index (χ0) is 13.2. The van der Waals surface area contributed by atoms with Crippen molar-refractivity contribution < 1.29 is 9.53 Å². The molecule has 1 atom stereocenters. The topological polar surface area (TPSA) is 26.3 Å². The molecule has 94 valence electrons. The molecule has 1 rings (SSSR count). The molecule has 3 heteroatoms. The van der Waals surface area contributed by atoms with Crippen LogP contribution in [0.25, 0.3) is 0 Å². The molecular weight excluding hydrogens is 236 g/mol. The van der Waals surface area contributed by atoms with Gasteiger partial charge in [0.2, 0.25) is 0 Å². The highest BCUT2D eigenvalue weighted by Crippen LogP contribution is 2.24. The molecule has 0 aliphatic carbocycles. The Kier molecular flexibility index (Phi) is 4.21. The van der Waals surface area contributed by atoms with Gasteiger partial charge < -0.3 is 4.74 Å². The predicted molar refractivity (Wildman–Crippen MR) is 70.4 cm³/mol. The van der Waals surface area contributed by atoms with Crippen LogP contribution in [-0.4, -0.2) is 11.6 Å². The van der Waals surface area contributed by atoms with Crippen LogP contribution >= 0.6 is 11.6 Å². The van der Waals surface area contributed by atoms with Crippen LogP contribution in [0.3, 0.4) is 0 Å². The fourth-order valence-corrected chi connectivity index (χ4v) is 1.59. The molecule has 0 saturated carbocycles. The van der Waals surface area contributed by atoms with Crippen molar-refractivity contribution in [3.05, 3.63) is 34.3 Å². The SMILES string of the molecule is Cc1ccc(C(C)C(=O)OC(C)(C)C)cc1Cl. The first-order valence-electron chi connectivity index (χ1n) is 5.69. The van der Waals surface area contributed by atoms with Crippen molar-refractivity contribution in [1.82, 2.24) is 0 Å². The first-order valence-corrected chi connectivity index (χ1v) is 6.07. The normalized spacial score (nSPS) is 13.3. The summed E-state index contributed by atoms with van der Waals surface area (Å²) in [5, 5.41) is 0.679. The van der Waals surface area contributed by atoms with Crippen molar-refractivity contribution >= 4 is 17.6 Å². The van der Waals surface area contributed by atoms with Gasteiger partial charge in [0.1, 0.15) is 5.60 Å². The Bertz CT molecular complexity index is 419. The van der Waals surface area contributed by atoms with Crippen molar-refractivity contribution in [2.24, 2.45) is 0 Å². The van der Waals surface area contributed by atoms with E-state index in [1.807, 2.05) is 52.8 Å². The fourth-order valence-electron chi connectivity index (χ4n) is 1.40. The molecule has 0 saturated heterocycles. The molecule has 0 radical (unpaired) electrons. The van der Waals surface area contributed by atoms with Crippen molar-refractivity contribution in [3.8, 4) is 0 Å². The summed E-state index contributed by atoms with van der Waals surface area (Å²) in [5.74, 6) is -0.523. The van der Waals surface area contributed by atoms with Gasteiger partial charge in [0.15, 0.2) is 0 Å². The Hall–Kier alpha value is -1.02. The second-order valence-corrected chi connectivity index (χ2v) is 5.67. The highest BCUT2D eigenvalue weighted by Gasteiger charge is 2.23. The van der Waals surface area contributed by atoms with Gasteiger partial charge in [0, 0.05) is 5.02 Å². The summed E-state index contributed by atoms with van der Waals surface area (Å²) in [7, 11) is 0. The minimum Gasteiger partial charge on any atom is -0.460 e. The monoisotopic (exact) mass is 254 g/mol. The van der Waals surface area contributed by atoms with E-state index in [1.54, 1.807) is 0 Å². The molecule has 0 amide bonds. The summed E-state index contributed by atoms with van der Waals surface area (Å²) in [4.78, 5) is 11.9. The molecular formula is C14H19ClO2. The van der Waals surface area contributed by atoms with Gasteiger partial charge in [-0.15, -0.1) is 0 Å². The number of carbonyl (C=O) groups excluding carboxylic acids is 1. The minimum absolute atomic E-state index is 0.225. The molecule has 0 heterocycles. The predicted octanol–water partition coefficient (Wildman–Crippen LogP) is 4.09. The lowest BCUT2D eigenvalue weighted by Crippen LogP contribution is -2.26. The third-order valence-corrected chi connectivity index (χ3v) is 2.86. The lowest BCUT2D eigenvalue weighted by atomic mass is 10.00. The van der Waals surface area contributed by atoms with Gasteiger partial charge in [-0.3, -0.25) is 4.79 Å². The van der Waals surface area contributed by atoms with Gasteiger partial charge in [-0.1, -0.05) is 23.7 Å². The first-order chi connectivity index (χ1) is 7.70. The van der Waals surface area contributed by atoms with Gasteiger partial charge in [-0.2, -0.15) is 0 Å². The second kappa shape index (κ2) is 5.09. The van der Waals surface area contributed by atoms with Crippen LogP contribution < -0.4 is 0 Å². The summed E-state index contributed by atoms with van der Waals surface area (Å²) in [5.41, 5.74) is 1.43. The number of hydrogen-bond acceptors (Lipinski definition) is 2. The zero-order valence-corrected chi connectivity index (χ0v) is 11.8. The van der Waals surface area contributed by atoms with Crippen molar-refractivity contribution in [3.63, 3.8) is 0 Å². The number of benzene rings is 1. The van der Waals surface area contributed by atoms with E-state index in [2.05, 4.69) is 0 Å². The highest BCUT2D eigenvalue weighted by molar-refractivity contribution is 6.31. The van der Waals surface area contributed by atoms with E-state index in [4.69, 9.17) is 16.3 Å². The number of esters is 1. The van der Waals surface area contributed by atoms with Crippen LogP contribution in [0.4, 0.5) is 0 Å². The lowest BCUT2D eigenvalue weighted by Gasteiger charge is -2.22. The smallest absolute Gasteiger partial charge is 0.313 e. The van der Waals surface area contributed by atoms with Crippen LogP contribution in [-0.2, 0) is 9.53 Å². The van der Waals surface area contributed by atoms with E-state index in [0.29, 0.717) is 5.02 Å². The largest absolute Gasteiger partial charge is 0.460 e. The molecule has 1 aromatic rings. The summed E-state index contributed by atoms with van der Waals surface area (Å²) in [6.45, 7) is 9.35. The van der Waals surface area contributed by atoms with Gasteiger partial charge in [-0.05, 0) is 51.8 Å². The van der Waals surface area contributed by atoms with E-state index in [1.165, 1.54) is 0 Å². The number of carbonyl (C=O) groups is 1. The molecule has 1 aromatic carbocycles. The van der Waals surface area contributed by atoms with Crippen molar-refractivity contribution in [2.75, 3.05) is 0 Å². The molecule has 17 heavy (non-hydrogen) atoms. The van der Waals surface area contributed by atoms with E-state index in [9.17, 15) is 4.79 Å². The molecule has 0 aliphatic rings. The van der Waals surface area contributed by atoms with Crippen LogP contribution in [0.15, 0.2) is 18.2 Å². The average Bonchev–Trinajstić information content (AvgIpc) is 2.18. The van der Waals surface area contributed by atoms with Crippen molar-refractivity contribution in [2.45, 2.75) is 46.1 Å². The molecule has 1 unspecified atom stereocenters. The number of hydrogen-bond donors (Lipinski definition) is 0. The van der Waals surface area contributed by atoms with Gasteiger partial charge in [-0.25, -0.2) is 0 Å². The maximum Gasteiger partial charge on any atom is 0.313 e. The molecule has 2 nitrogen and oxygen atoms in total. The molecule has 0 N–H and O–H groups in total. The summed E-state index contributed by atoms with van der Waals surface area (Å²) < 4.78 is 5.34. The van der Waals surface area contributed by atoms with Gasteiger partial charge in [0.25, 0.3) is 0 Å². The Morgan fingerprint density at radius 3 is 2.41 bits per heavy atom. The maximum atomic E-state index is 11.9. The molecule has 0 spiro atoms. The van der Waals surface area contributed by atoms with E-state index in [-0.39, 0.29) is 11.9 Å². The molecule has 0 aliphatic heterocycles. The number of ether oxygens (including phenoxy) is 1. The number of aryl methyl sites for hydroxylation is 1.